The fraction of sp³-hybridized carbons (Fsp3) is 0.733. The second kappa shape index (κ2) is 4.48. The van der Waals surface area contributed by atoms with Crippen LogP contribution in [0.4, 0.5) is 0 Å². The second-order valence-electron chi connectivity index (χ2n) is 6.33. The first kappa shape index (κ1) is 13.8. The van der Waals surface area contributed by atoms with E-state index in [0.717, 1.165) is 19.3 Å². The van der Waals surface area contributed by atoms with E-state index in [4.69, 9.17) is 0 Å². The molecule has 0 bridgehead atoms. The van der Waals surface area contributed by atoms with Crippen molar-refractivity contribution >= 4 is 0 Å². The lowest BCUT2D eigenvalue weighted by atomic mass is 9.54. The van der Waals surface area contributed by atoms with Crippen molar-refractivity contribution < 1.29 is 15.3 Å². The van der Waals surface area contributed by atoms with E-state index in [9.17, 15) is 15.3 Å². The normalized spacial score (nSPS) is 44.6. The van der Waals surface area contributed by atoms with E-state index in [1.807, 2.05) is 0 Å². The van der Waals surface area contributed by atoms with Gasteiger partial charge in [0.05, 0.1) is 12.7 Å². The predicted octanol–water partition coefficient (Wildman–Crippen LogP) is 1.78. The Hall–Kier alpha value is -0.640. The molecule has 0 radical (unpaired) electrons. The van der Waals surface area contributed by atoms with Crippen molar-refractivity contribution in [1.82, 2.24) is 0 Å². The number of fused-ring (bicyclic) bond motifs is 1. The topological polar surface area (TPSA) is 60.7 Å². The van der Waals surface area contributed by atoms with Crippen LogP contribution >= 0.6 is 0 Å². The summed E-state index contributed by atoms with van der Waals surface area (Å²) in [4.78, 5) is 0. The summed E-state index contributed by atoms with van der Waals surface area (Å²) in [5, 5.41) is 30.1. The predicted molar refractivity (Wildman–Crippen MR) is 71.0 cm³/mol. The maximum Gasteiger partial charge on any atom is 0.114 e. The van der Waals surface area contributed by atoms with Crippen LogP contribution in [0.3, 0.4) is 0 Å². The van der Waals surface area contributed by atoms with E-state index in [1.165, 1.54) is 5.57 Å². The molecule has 2 unspecified atom stereocenters. The lowest BCUT2D eigenvalue weighted by Gasteiger charge is -2.54. The molecule has 3 N–H and O–H groups in total. The SMILES string of the molecule is C=C1CCCC2(C)C[C@H](O)[C@@](O)(C(=C)CO)CC12. The van der Waals surface area contributed by atoms with Crippen molar-refractivity contribution in [3.63, 3.8) is 0 Å². The van der Waals surface area contributed by atoms with Crippen LogP contribution < -0.4 is 0 Å². The smallest absolute Gasteiger partial charge is 0.114 e. The molecule has 102 valence electrons. The van der Waals surface area contributed by atoms with Crippen LogP contribution in [0.1, 0.15) is 39.0 Å². The second-order valence-corrected chi connectivity index (χ2v) is 6.33. The van der Waals surface area contributed by atoms with Gasteiger partial charge in [0.1, 0.15) is 5.60 Å². The van der Waals surface area contributed by atoms with Gasteiger partial charge in [0.25, 0.3) is 0 Å². The molecule has 2 aliphatic carbocycles. The van der Waals surface area contributed by atoms with E-state index < -0.39 is 11.7 Å². The van der Waals surface area contributed by atoms with Crippen molar-refractivity contribution in [2.75, 3.05) is 6.61 Å². The summed E-state index contributed by atoms with van der Waals surface area (Å²) in [6.45, 7) is 9.73. The summed E-state index contributed by atoms with van der Waals surface area (Å²) in [6, 6.07) is 0. The highest BCUT2D eigenvalue weighted by Gasteiger charge is 2.53. The molecule has 4 atom stereocenters. The number of aliphatic hydroxyl groups is 3. The first-order chi connectivity index (χ1) is 8.33. The lowest BCUT2D eigenvalue weighted by molar-refractivity contribution is -0.131. The third-order valence-electron chi connectivity index (χ3n) is 5.11. The quantitative estimate of drug-likeness (QED) is 0.657. The van der Waals surface area contributed by atoms with Crippen LogP contribution in [0.15, 0.2) is 24.3 Å². The first-order valence-corrected chi connectivity index (χ1v) is 6.71. The number of allylic oxidation sites excluding steroid dienone is 1. The third kappa shape index (κ3) is 1.94. The fourth-order valence-corrected chi connectivity index (χ4v) is 3.77. The van der Waals surface area contributed by atoms with Crippen LogP contribution in [0, 0.1) is 11.3 Å². The van der Waals surface area contributed by atoms with E-state index in [-0.39, 0.29) is 17.9 Å². The largest absolute Gasteiger partial charge is 0.392 e. The van der Waals surface area contributed by atoms with Crippen molar-refractivity contribution in [2.24, 2.45) is 11.3 Å². The van der Waals surface area contributed by atoms with Gasteiger partial charge in [-0.05, 0) is 49.0 Å². The maximum absolute atomic E-state index is 10.6. The van der Waals surface area contributed by atoms with Crippen molar-refractivity contribution in [1.29, 1.82) is 0 Å². The van der Waals surface area contributed by atoms with Gasteiger partial charge in [-0.1, -0.05) is 25.7 Å². The van der Waals surface area contributed by atoms with Crippen LogP contribution in [-0.2, 0) is 0 Å². The molecule has 18 heavy (non-hydrogen) atoms. The van der Waals surface area contributed by atoms with Gasteiger partial charge in [0.15, 0.2) is 0 Å². The molecular formula is C15H24O3. The summed E-state index contributed by atoms with van der Waals surface area (Å²) in [6.07, 6.45) is 3.31. The summed E-state index contributed by atoms with van der Waals surface area (Å²) >= 11 is 0. The highest BCUT2D eigenvalue weighted by molar-refractivity contribution is 5.24. The molecular weight excluding hydrogens is 228 g/mol. The summed E-state index contributed by atoms with van der Waals surface area (Å²) in [5.74, 6) is 0.211. The van der Waals surface area contributed by atoms with Gasteiger partial charge in [-0.15, -0.1) is 0 Å². The van der Waals surface area contributed by atoms with Crippen LogP contribution in [0.25, 0.3) is 0 Å². The molecule has 2 rings (SSSR count). The van der Waals surface area contributed by atoms with E-state index in [1.54, 1.807) is 0 Å². The summed E-state index contributed by atoms with van der Waals surface area (Å²) in [5.41, 5.74) is 0.144. The number of hydrogen-bond donors (Lipinski definition) is 3. The van der Waals surface area contributed by atoms with E-state index in [0.29, 0.717) is 18.4 Å². The Morgan fingerprint density at radius 2 is 2.11 bits per heavy atom. The highest BCUT2D eigenvalue weighted by Crippen LogP contribution is 2.55. The molecule has 0 saturated heterocycles. The number of hydrogen-bond acceptors (Lipinski definition) is 3. The van der Waals surface area contributed by atoms with Gasteiger partial charge < -0.3 is 15.3 Å². The Morgan fingerprint density at radius 3 is 2.72 bits per heavy atom. The first-order valence-electron chi connectivity index (χ1n) is 6.71. The maximum atomic E-state index is 10.6. The molecule has 3 nitrogen and oxygen atoms in total. The minimum Gasteiger partial charge on any atom is -0.392 e. The van der Waals surface area contributed by atoms with Gasteiger partial charge in [-0.2, -0.15) is 0 Å². The molecule has 2 saturated carbocycles. The van der Waals surface area contributed by atoms with Gasteiger partial charge in [-0.25, -0.2) is 0 Å². The molecule has 2 fully saturated rings. The van der Waals surface area contributed by atoms with Gasteiger partial charge in [0, 0.05) is 0 Å². The summed E-state index contributed by atoms with van der Waals surface area (Å²) in [7, 11) is 0. The average Bonchev–Trinajstić information content (AvgIpc) is 2.31. The van der Waals surface area contributed by atoms with Gasteiger partial charge >= 0.3 is 0 Å². The number of aliphatic hydroxyl groups excluding tert-OH is 2. The number of rotatable bonds is 2. The zero-order valence-electron chi connectivity index (χ0n) is 11.2. The molecule has 0 aliphatic heterocycles. The Bertz CT molecular complexity index is 376. The zero-order chi connectivity index (χ0) is 13.6. The fourth-order valence-electron chi connectivity index (χ4n) is 3.77. The van der Waals surface area contributed by atoms with Crippen LogP contribution in [0.5, 0.6) is 0 Å². The molecule has 0 heterocycles. The molecule has 0 aromatic heterocycles. The van der Waals surface area contributed by atoms with Gasteiger partial charge in [0.2, 0.25) is 0 Å². The lowest BCUT2D eigenvalue weighted by Crippen LogP contribution is -2.56. The summed E-state index contributed by atoms with van der Waals surface area (Å²) < 4.78 is 0. The Balaban J connectivity index is 2.31. The molecule has 2 aliphatic rings. The Kier molecular flexibility index (Phi) is 3.43. The average molecular weight is 252 g/mol. The van der Waals surface area contributed by atoms with Crippen molar-refractivity contribution in [2.45, 2.75) is 50.7 Å². The highest BCUT2D eigenvalue weighted by atomic mass is 16.3. The molecule has 0 spiro atoms. The Labute approximate surface area is 109 Å². The minimum absolute atomic E-state index is 0.0245. The van der Waals surface area contributed by atoms with Crippen LogP contribution in [-0.4, -0.2) is 33.6 Å². The van der Waals surface area contributed by atoms with Crippen LogP contribution in [0.2, 0.25) is 0 Å². The standard InChI is InChI=1S/C15H24O3/c1-10-5-4-6-14(3)8-13(17)15(18,7-12(10)14)11(2)9-16/h12-13,16-18H,1-2,4-9H2,3H3/t12?,13-,14?,15-/m0/s1. The van der Waals surface area contributed by atoms with Crippen molar-refractivity contribution in [3.05, 3.63) is 24.3 Å². The van der Waals surface area contributed by atoms with Gasteiger partial charge in [-0.3, -0.25) is 0 Å². The minimum atomic E-state index is -1.36. The monoisotopic (exact) mass is 252 g/mol. The van der Waals surface area contributed by atoms with E-state index in [2.05, 4.69) is 20.1 Å². The third-order valence-corrected chi connectivity index (χ3v) is 5.11. The molecule has 0 aromatic rings. The molecule has 3 heteroatoms. The van der Waals surface area contributed by atoms with E-state index >= 15 is 0 Å². The zero-order valence-corrected chi connectivity index (χ0v) is 11.2. The van der Waals surface area contributed by atoms with Crippen molar-refractivity contribution in [3.8, 4) is 0 Å². The Morgan fingerprint density at radius 1 is 1.44 bits per heavy atom. The molecule has 0 aromatic carbocycles. The molecule has 0 amide bonds.